The van der Waals surface area contributed by atoms with Gasteiger partial charge in [0.05, 0.1) is 0 Å². The molecular weight excluding hydrogens is 264 g/mol. The Morgan fingerprint density at radius 2 is 1.76 bits per heavy atom. The fraction of sp³-hybridized carbons (Fsp3) is 0.412. The quantitative estimate of drug-likeness (QED) is 0.437. The van der Waals surface area contributed by atoms with Crippen LogP contribution in [0.4, 0.5) is 0 Å². The predicted octanol–water partition coefficient (Wildman–Crippen LogP) is 2.06. The van der Waals surface area contributed by atoms with Gasteiger partial charge in [-0.05, 0) is 32.3 Å². The molecule has 0 saturated heterocycles. The van der Waals surface area contributed by atoms with Gasteiger partial charge >= 0.3 is 0 Å². The van der Waals surface area contributed by atoms with Crippen molar-refractivity contribution < 1.29 is 9.59 Å². The number of rotatable bonds is 8. The zero-order valence-corrected chi connectivity index (χ0v) is 12.8. The molecule has 114 valence electrons. The van der Waals surface area contributed by atoms with E-state index in [-0.39, 0.29) is 11.8 Å². The Labute approximate surface area is 126 Å². The van der Waals surface area contributed by atoms with Crippen molar-refractivity contribution in [3.8, 4) is 0 Å². The van der Waals surface area contributed by atoms with Gasteiger partial charge in [0.1, 0.15) is 5.41 Å². The molecule has 4 nitrogen and oxygen atoms in total. The minimum atomic E-state index is -1.07. The molecule has 0 fully saturated rings. The van der Waals surface area contributed by atoms with Gasteiger partial charge in [-0.3, -0.25) is 9.59 Å². The van der Waals surface area contributed by atoms with Crippen LogP contribution in [-0.2, 0) is 16.0 Å². The lowest BCUT2D eigenvalue weighted by atomic mass is 9.91. The maximum absolute atomic E-state index is 12.1. The molecular formula is C17H24N2O2. The highest BCUT2D eigenvalue weighted by Gasteiger charge is 2.35. The first kappa shape index (κ1) is 17.0. The molecule has 0 atom stereocenters. The minimum Gasteiger partial charge on any atom is -0.355 e. The van der Waals surface area contributed by atoms with Crippen molar-refractivity contribution in [2.24, 2.45) is 5.41 Å². The molecule has 0 aliphatic carbocycles. The predicted molar refractivity (Wildman–Crippen MR) is 84.8 cm³/mol. The van der Waals surface area contributed by atoms with Crippen molar-refractivity contribution >= 4 is 11.8 Å². The molecule has 0 aromatic heterocycles. The molecule has 0 aliphatic heterocycles. The molecule has 0 radical (unpaired) electrons. The van der Waals surface area contributed by atoms with Crippen molar-refractivity contribution in [1.82, 2.24) is 10.6 Å². The number of carbonyl (C=O) groups excluding carboxylic acids is 2. The van der Waals surface area contributed by atoms with E-state index in [1.165, 1.54) is 5.56 Å². The Balaban J connectivity index is 2.35. The fourth-order valence-corrected chi connectivity index (χ4v) is 1.85. The highest BCUT2D eigenvalue weighted by molar-refractivity contribution is 6.04. The van der Waals surface area contributed by atoms with Crippen LogP contribution >= 0.6 is 0 Å². The van der Waals surface area contributed by atoms with Gasteiger partial charge in [-0.1, -0.05) is 36.4 Å². The molecule has 4 heteroatoms. The van der Waals surface area contributed by atoms with E-state index < -0.39 is 5.41 Å². The highest BCUT2D eigenvalue weighted by atomic mass is 16.2. The Hall–Kier alpha value is -2.10. The lowest BCUT2D eigenvalue weighted by molar-refractivity contribution is -0.141. The fourth-order valence-electron chi connectivity index (χ4n) is 1.85. The standard InChI is InChI=1S/C17H24N2O2/c1-4-12-18-15(20)17(2,3)16(21)19-13-8-11-14-9-6-5-7-10-14/h4-7,9-10H,1,8,11-13H2,2-3H3,(H,18,20)(H,19,21). The van der Waals surface area contributed by atoms with Crippen molar-refractivity contribution in [3.63, 3.8) is 0 Å². The summed E-state index contributed by atoms with van der Waals surface area (Å²) < 4.78 is 0. The smallest absolute Gasteiger partial charge is 0.235 e. The van der Waals surface area contributed by atoms with Crippen LogP contribution in [0, 0.1) is 5.41 Å². The molecule has 0 spiro atoms. The highest BCUT2D eigenvalue weighted by Crippen LogP contribution is 2.15. The van der Waals surface area contributed by atoms with E-state index in [2.05, 4.69) is 29.3 Å². The van der Waals surface area contributed by atoms with Gasteiger partial charge in [0.2, 0.25) is 11.8 Å². The van der Waals surface area contributed by atoms with E-state index in [1.807, 2.05) is 18.2 Å². The third kappa shape index (κ3) is 5.42. The van der Waals surface area contributed by atoms with Crippen LogP contribution < -0.4 is 10.6 Å². The third-order valence-corrected chi connectivity index (χ3v) is 3.31. The van der Waals surface area contributed by atoms with Gasteiger partial charge in [-0.2, -0.15) is 0 Å². The summed E-state index contributed by atoms with van der Waals surface area (Å²) >= 11 is 0. The molecule has 2 amide bonds. The van der Waals surface area contributed by atoms with Gasteiger partial charge in [-0.25, -0.2) is 0 Å². The van der Waals surface area contributed by atoms with Crippen LogP contribution in [0.1, 0.15) is 25.8 Å². The zero-order valence-electron chi connectivity index (χ0n) is 12.8. The number of benzene rings is 1. The molecule has 21 heavy (non-hydrogen) atoms. The maximum Gasteiger partial charge on any atom is 0.235 e. The molecule has 0 saturated carbocycles. The number of nitrogens with one attached hydrogen (secondary N) is 2. The average Bonchev–Trinajstić information content (AvgIpc) is 2.49. The largest absolute Gasteiger partial charge is 0.355 e. The Bertz CT molecular complexity index is 481. The summed E-state index contributed by atoms with van der Waals surface area (Å²) in [5, 5.41) is 5.48. The Kier molecular flexibility index (Phi) is 6.66. The minimum absolute atomic E-state index is 0.253. The van der Waals surface area contributed by atoms with Crippen molar-refractivity contribution in [1.29, 1.82) is 0 Å². The molecule has 1 rings (SSSR count). The summed E-state index contributed by atoms with van der Waals surface area (Å²) in [6.45, 7) is 7.71. The lowest BCUT2D eigenvalue weighted by Crippen LogP contribution is -2.48. The topological polar surface area (TPSA) is 58.2 Å². The second-order valence-corrected chi connectivity index (χ2v) is 5.47. The van der Waals surface area contributed by atoms with E-state index in [0.717, 1.165) is 12.8 Å². The summed E-state index contributed by atoms with van der Waals surface area (Å²) in [5.74, 6) is -0.542. The molecule has 1 aromatic rings. The lowest BCUT2D eigenvalue weighted by Gasteiger charge is -2.22. The molecule has 0 heterocycles. The molecule has 0 unspecified atom stereocenters. The van der Waals surface area contributed by atoms with E-state index >= 15 is 0 Å². The van der Waals surface area contributed by atoms with E-state index in [1.54, 1.807) is 19.9 Å². The summed E-state index contributed by atoms with van der Waals surface area (Å²) in [7, 11) is 0. The van der Waals surface area contributed by atoms with Gasteiger partial charge in [0.15, 0.2) is 0 Å². The number of amides is 2. The third-order valence-electron chi connectivity index (χ3n) is 3.31. The van der Waals surface area contributed by atoms with Crippen LogP contribution in [0.2, 0.25) is 0 Å². The molecule has 2 N–H and O–H groups in total. The Morgan fingerprint density at radius 3 is 2.38 bits per heavy atom. The van der Waals surface area contributed by atoms with Crippen LogP contribution in [0.3, 0.4) is 0 Å². The van der Waals surface area contributed by atoms with E-state index in [9.17, 15) is 9.59 Å². The normalized spacial score (nSPS) is 10.8. The first-order valence-electron chi connectivity index (χ1n) is 7.20. The molecule has 0 bridgehead atoms. The van der Waals surface area contributed by atoms with Gasteiger partial charge in [0.25, 0.3) is 0 Å². The monoisotopic (exact) mass is 288 g/mol. The van der Waals surface area contributed by atoms with Gasteiger partial charge in [-0.15, -0.1) is 6.58 Å². The van der Waals surface area contributed by atoms with Crippen molar-refractivity contribution in [2.45, 2.75) is 26.7 Å². The average molecular weight is 288 g/mol. The molecule has 1 aromatic carbocycles. The van der Waals surface area contributed by atoms with Gasteiger partial charge < -0.3 is 10.6 Å². The van der Waals surface area contributed by atoms with Crippen LogP contribution in [0.15, 0.2) is 43.0 Å². The number of aryl methyl sites for hydroxylation is 1. The second kappa shape index (κ2) is 8.25. The summed E-state index contributed by atoms with van der Waals surface area (Å²) in [6.07, 6.45) is 3.34. The Morgan fingerprint density at radius 1 is 1.14 bits per heavy atom. The zero-order chi connectivity index (χ0) is 15.7. The van der Waals surface area contributed by atoms with Crippen molar-refractivity contribution in [2.75, 3.05) is 13.1 Å². The van der Waals surface area contributed by atoms with Crippen LogP contribution in [0.5, 0.6) is 0 Å². The number of hydrogen-bond acceptors (Lipinski definition) is 2. The number of carbonyl (C=O) groups is 2. The first-order valence-corrected chi connectivity index (χ1v) is 7.20. The van der Waals surface area contributed by atoms with Crippen LogP contribution in [0.25, 0.3) is 0 Å². The molecule has 0 aliphatic rings. The number of hydrogen-bond donors (Lipinski definition) is 2. The summed E-state index contributed by atoms with van der Waals surface area (Å²) in [6, 6.07) is 10.1. The van der Waals surface area contributed by atoms with Gasteiger partial charge in [0, 0.05) is 13.1 Å². The summed E-state index contributed by atoms with van der Waals surface area (Å²) in [4.78, 5) is 24.0. The van der Waals surface area contributed by atoms with E-state index in [4.69, 9.17) is 0 Å². The van der Waals surface area contributed by atoms with Crippen LogP contribution in [-0.4, -0.2) is 24.9 Å². The first-order chi connectivity index (χ1) is 9.98. The summed E-state index contributed by atoms with van der Waals surface area (Å²) in [5.41, 5.74) is 0.171. The van der Waals surface area contributed by atoms with E-state index in [0.29, 0.717) is 13.1 Å². The second-order valence-electron chi connectivity index (χ2n) is 5.47. The SMILES string of the molecule is C=CCNC(=O)C(C)(C)C(=O)NCCCc1ccccc1. The maximum atomic E-state index is 12.1. The van der Waals surface area contributed by atoms with Crippen molar-refractivity contribution in [3.05, 3.63) is 48.6 Å².